The van der Waals surface area contributed by atoms with Crippen molar-refractivity contribution in [3.63, 3.8) is 0 Å². The maximum Gasteiger partial charge on any atom is 0.408 e. The van der Waals surface area contributed by atoms with Crippen molar-refractivity contribution in [2.45, 2.75) is 46.0 Å². The predicted octanol–water partition coefficient (Wildman–Crippen LogP) is 3.61. The lowest BCUT2D eigenvalue weighted by Crippen LogP contribution is -2.34. The van der Waals surface area contributed by atoms with Gasteiger partial charge in [0.05, 0.1) is 17.7 Å². The molecule has 5 heteroatoms. The SMILES string of the molecule is C[C@@H](NC(=O)OC(C)(C)C)c1cc(C#N)cc(CF)c1. The summed E-state index contributed by atoms with van der Waals surface area (Å²) in [5, 5.41) is 11.6. The van der Waals surface area contributed by atoms with Crippen molar-refractivity contribution in [3.8, 4) is 6.07 Å². The molecular weight excluding hydrogens is 259 g/mol. The van der Waals surface area contributed by atoms with Crippen LogP contribution in [0.4, 0.5) is 9.18 Å². The minimum absolute atomic E-state index is 0.369. The van der Waals surface area contributed by atoms with Crippen LogP contribution >= 0.6 is 0 Å². The standard InChI is InChI=1S/C15H19FN2O2/c1-10(18-14(19)20-15(2,3)4)13-6-11(8-16)5-12(7-13)9-17/h5-7,10H,8H2,1-4H3,(H,18,19)/t10-/m1/s1. The summed E-state index contributed by atoms with van der Waals surface area (Å²) in [5.41, 5.74) is 0.870. The number of nitrogens with zero attached hydrogens (tertiary/aromatic N) is 1. The Balaban J connectivity index is 2.84. The van der Waals surface area contributed by atoms with Gasteiger partial charge in [-0.25, -0.2) is 9.18 Å². The van der Waals surface area contributed by atoms with Crippen LogP contribution in [0, 0.1) is 11.3 Å². The molecule has 108 valence electrons. The van der Waals surface area contributed by atoms with Crippen LogP contribution < -0.4 is 5.32 Å². The van der Waals surface area contributed by atoms with E-state index in [4.69, 9.17) is 10.00 Å². The Bertz CT molecular complexity index is 530. The van der Waals surface area contributed by atoms with E-state index in [9.17, 15) is 9.18 Å². The van der Waals surface area contributed by atoms with Gasteiger partial charge in [-0.1, -0.05) is 6.07 Å². The number of halogens is 1. The van der Waals surface area contributed by atoms with E-state index in [-0.39, 0.29) is 6.04 Å². The summed E-state index contributed by atoms with van der Waals surface area (Å²) >= 11 is 0. The molecule has 0 heterocycles. The molecule has 20 heavy (non-hydrogen) atoms. The van der Waals surface area contributed by atoms with E-state index in [1.165, 1.54) is 6.07 Å². The second-order valence-electron chi connectivity index (χ2n) is 5.58. The first-order valence-electron chi connectivity index (χ1n) is 6.34. The minimum atomic E-state index is -0.651. The number of rotatable bonds is 3. The molecule has 1 amide bonds. The van der Waals surface area contributed by atoms with E-state index in [2.05, 4.69) is 5.32 Å². The molecule has 1 aromatic rings. The van der Waals surface area contributed by atoms with Crippen LogP contribution in [0.25, 0.3) is 0 Å². The largest absolute Gasteiger partial charge is 0.444 e. The average molecular weight is 278 g/mol. The molecule has 0 aromatic heterocycles. The number of alkyl halides is 1. The predicted molar refractivity (Wildman–Crippen MR) is 73.8 cm³/mol. The first-order chi connectivity index (χ1) is 9.25. The summed E-state index contributed by atoms with van der Waals surface area (Å²) in [5.74, 6) is 0. The molecule has 0 saturated carbocycles. The fourth-order valence-electron chi connectivity index (χ4n) is 1.68. The molecule has 0 aliphatic heterocycles. The zero-order valence-electron chi connectivity index (χ0n) is 12.2. The Morgan fingerprint density at radius 2 is 2.10 bits per heavy atom. The smallest absolute Gasteiger partial charge is 0.408 e. The number of carbonyl (C=O) groups is 1. The van der Waals surface area contributed by atoms with Gasteiger partial charge in [0.25, 0.3) is 0 Å². The van der Waals surface area contributed by atoms with E-state index in [0.717, 1.165) is 0 Å². The molecular formula is C15H19FN2O2. The molecule has 0 spiro atoms. The van der Waals surface area contributed by atoms with Gasteiger partial charge < -0.3 is 10.1 Å². The molecule has 1 N–H and O–H groups in total. The maximum absolute atomic E-state index is 12.7. The molecule has 1 rings (SSSR count). The normalized spacial score (nSPS) is 12.4. The summed E-state index contributed by atoms with van der Waals surface area (Å²) < 4.78 is 17.9. The Hall–Kier alpha value is -2.09. The number of hydrogen-bond donors (Lipinski definition) is 1. The highest BCUT2D eigenvalue weighted by Crippen LogP contribution is 2.18. The topological polar surface area (TPSA) is 62.1 Å². The number of benzene rings is 1. The molecule has 1 atom stereocenters. The summed E-state index contributed by atoms with van der Waals surface area (Å²) in [4.78, 5) is 11.7. The molecule has 0 saturated heterocycles. The third kappa shape index (κ3) is 4.88. The first-order valence-corrected chi connectivity index (χ1v) is 6.34. The maximum atomic E-state index is 12.7. The fraction of sp³-hybridized carbons (Fsp3) is 0.467. The Kier molecular flexibility index (Phi) is 5.09. The molecule has 0 aliphatic carbocycles. The number of amides is 1. The molecule has 4 nitrogen and oxygen atoms in total. The molecule has 0 aliphatic rings. The van der Waals surface area contributed by atoms with Crippen LogP contribution in [-0.2, 0) is 11.4 Å². The highest BCUT2D eigenvalue weighted by Gasteiger charge is 2.18. The van der Waals surface area contributed by atoms with Crippen molar-refractivity contribution < 1.29 is 13.9 Å². The second-order valence-corrected chi connectivity index (χ2v) is 5.58. The van der Waals surface area contributed by atoms with Gasteiger partial charge in [0.1, 0.15) is 12.3 Å². The van der Waals surface area contributed by atoms with Crippen LogP contribution in [0.2, 0.25) is 0 Å². The van der Waals surface area contributed by atoms with Gasteiger partial charge in [0.15, 0.2) is 0 Å². The zero-order chi connectivity index (χ0) is 15.3. The molecule has 1 aromatic carbocycles. The Labute approximate surface area is 118 Å². The van der Waals surface area contributed by atoms with Crippen LogP contribution in [0.15, 0.2) is 18.2 Å². The molecule has 0 fully saturated rings. The number of hydrogen-bond acceptors (Lipinski definition) is 3. The van der Waals surface area contributed by atoms with Crippen LogP contribution in [-0.4, -0.2) is 11.7 Å². The summed E-state index contributed by atoms with van der Waals surface area (Å²) in [6, 6.07) is 6.35. The van der Waals surface area contributed by atoms with Crippen molar-refractivity contribution in [1.82, 2.24) is 5.32 Å². The first kappa shape index (κ1) is 16.0. The Morgan fingerprint density at radius 1 is 1.45 bits per heavy atom. The lowest BCUT2D eigenvalue weighted by Gasteiger charge is -2.22. The third-order valence-corrected chi connectivity index (χ3v) is 2.53. The number of nitrogens with one attached hydrogen (secondary N) is 1. The number of ether oxygens (including phenoxy) is 1. The summed E-state index contributed by atoms with van der Waals surface area (Å²) in [6.07, 6.45) is -0.547. The lowest BCUT2D eigenvalue weighted by atomic mass is 10.0. The number of carbonyl (C=O) groups excluding carboxylic acids is 1. The number of nitriles is 1. The van der Waals surface area contributed by atoms with Crippen LogP contribution in [0.1, 0.15) is 50.4 Å². The van der Waals surface area contributed by atoms with Crippen molar-refractivity contribution >= 4 is 6.09 Å². The third-order valence-electron chi connectivity index (χ3n) is 2.53. The highest BCUT2D eigenvalue weighted by molar-refractivity contribution is 5.68. The van der Waals surface area contributed by atoms with Crippen molar-refractivity contribution in [3.05, 3.63) is 34.9 Å². The summed E-state index contributed by atoms with van der Waals surface area (Å²) in [7, 11) is 0. The van der Waals surface area contributed by atoms with Gasteiger partial charge >= 0.3 is 6.09 Å². The van der Waals surface area contributed by atoms with Crippen molar-refractivity contribution in [1.29, 1.82) is 5.26 Å². The van der Waals surface area contributed by atoms with E-state index in [1.54, 1.807) is 39.8 Å². The van der Waals surface area contributed by atoms with Gasteiger partial charge in [0, 0.05) is 0 Å². The minimum Gasteiger partial charge on any atom is -0.444 e. The molecule has 0 radical (unpaired) electrons. The van der Waals surface area contributed by atoms with Gasteiger partial charge in [-0.15, -0.1) is 0 Å². The van der Waals surface area contributed by atoms with Crippen LogP contribution in [0.5, 0.6) is 0 Å². The van der Waals surface area contributed by atoms with Gasteiger partial charge in [-0.2, -0.15) is 5.26 Å². The van der Waals surface area contributed by atoms with Crippen LogP contribution in [0.3, 0.4) is 0 Å². The van der Waals surface area contributed by atoms with Crippen molar-refractivity contribution in [2.75, 3.05) is 0 Å². The number of alkyl carbamates (subject to hydrolysis) is 1. The average Bonchev–Trinajstić information content (AvgIpc) is 2.35. The van der Waals surface area contributed by atoms with E-state index in [0.29, 0.717) is 16.7 Å². The fourth-order valence-corrected chi connectivity index (χ4v) is 1.68. The van der Waals surface area contributed by atoms with Gasteiger partial charge in [0.2, 0.25) is 0 Å². The quantitative estimate of drug-likeness (QED) is 0.918. The Morgan fingerprint density at radius 3 is 2.60 bits per heavy atom. The van der Waals surface area contributed by atoms with Crippen molar-refractivity contribution in [2.24, 2.45) is 0 Å². The highest BCUT2D eigenvalue weighted by atomic mass is 19.1. The summed E-state index contributed by atoms with van der Waals surface area (Å²) in [6.45, 7) is 6.42. The monoisotopic (exact) mass is 278 g/mol. The van der Waals surface area contributed by atoms with E-state index < -0.39 is 18.4 Å². The molecule has 0 bridgehead atoms. The van der Waals surface area contributed by atoms with E-state index in [1.807, 2.05) is 6.07 Å². The second kappa shape index (κ2) is 6.38. The van der Waals surface area contributed by atoms with E-state index >= 15 is 0 Å². The lowest BCUT2D eigenvalue weighted by molar-refractivity contribution is 0.0508. The zero-order valence-corrected chi connectivity index (χ0v) is 12.2. The van der Waals surface area contributed by atoms with Gasteiger partial charge in [-0.3, -0.25) is 0 Å². The van der Waals surface area contributed by atoms with Gasteiger partial charge in [-0.05, 0) is 51.0 Å². The molecule has 0 unspecified atom stereocenters.